The molecule has 1 atom stereocenters. The zero-order valence-electron chi connectivity index (χ0n) is 9.84. The van der Waals surface area contributed by atoms with Gasteiger partial charge < -0.3 is 4.74 Å². The summed E-state index contributed by atoms with van der Waals surface area (Å²) in [5, 5.41) is 0. The molecule has 3 nitrogen and oxygen atoms in total. The Balaban J connectivity index is 2.01. The Bertz CT molecular complexity index is 386. The topological polar surface area (TPSA) is 46.5 Å². The molecule has 1 aromatic rings. The van der Waals surface area contributed by atoms with Gasteiger partial charge in [-0.15, -0.1) is 0 Å². The second-order valence-corrected chi connectivity index (χ2v) is 5.61. The summed E-state index contributed by atoms with van der Waals surface area (Å²) in [6.07, 6.45) is 5.99. The van der Waals surface area contributed by atoms with Crippen molar-refractivity contribution in [3.63, 3.8) is 0 Å². The molecular formula is C13H18O3P+. The van der Waals surface area contributed by atoms with Crippen LogP contribution in [0.25, 0.3) is 0 Å². The molecule has 0 saturated heterocycles. The molecule has 1 N–H and O–H groups in total. The van der Waals surface area contributed by atoms with Crippen LogP contribution in [0.5, 0.6) is 5.75 Å². The fourth-order valence-electron chi connectivity index (χ4n) is 2.23. The highest BCUT2D eigenvalue weighted by molar-refractivity contribution is 7.37. The van der Waals surface area contributed by atoms with Gasteiger partial charge in [-0.3, -0.25) is 0 Å². The third-order valence-electron chi connectivity index (χ3n) is 3.14. The lowest BCUT2D eigenvalue weighted by Crippen LogP contribution is -2.12. The number of para-hydroxylation sites is 1. The van der Waals surface area contributed by atoms with Crippen LogP contribution in [0.2, 0.25) is 0 Å². The van der Waals surface area contributed by atoms with Crippen LogP contribution in [0.15, 0.2) is 24.3 Å². The zero-order chi connectivity index (χ0) is 12.1. The first kappa shape index (κ1) is 12.5. The van der Waals surface area contributed by atoms with Crippen molar-refractivity contribution in [2.75, 3.05) is 6.16 Å². The molecule has 92 valence electrons. The van der Waals surface area contributed by atoms with Crippen LogP contribution in [0.4, 0.5) is 0 Å². The van der Waals surface area contributed by atoms with Crippen molar-refractivity contribution >= 4 is 8.03 Å². The summed E-state index contributed by atoms with van der Waals surface area (Å²) in [5.74, 6) is 0.885. The lowest BCUT2D eigenvalue weighted by atomic mass is 10.1. The SMILES string of the molecule is O=[P+](O)CCc1ccccc1OC1CCCC1. The molecule has 0 spiro atoms. The van der Waals surface area contributed by atoms with Gasteiger partial charge in [0.1, 0.15) is 5.75 Å². The number of hydrogen-bond donors (Lipinski definition) is 1. The molecular weight excluding hydrogens is 235 g/mol. The van der Waals surface area contributed by atoms with Gasteiger partial charge in [0.25, 0.3) is 0 Å². The number of aryl methyl sites for hydroxylation is 1. The van der Waals surface area contributed by atoms with Gasteiger partial charge >= 0.3 is 8.03 Å². The molecule has 0 heterocycles. The monoisotopic (exact) mass is 253 g/mol. The standard InChI is InChI=1S/C13H17O3P/c14-17(15)10-9-11-5-1-4-8-13(11)16-12-6-2-3-7-12/h1,4-5,8,12H,2-3,6-7,9-10H2/p+1. The summed E-state index contributed by atoms with van der Waals surface area (Å²) in [5.41, 5.74) is 1.04. The predicted molar refractivity (Wildman–Crippen MR) is 67.7 cm³/mol. The molecule has 0 radical (unpaired) electrons. The first-order valence-corrected chi connectivity index (χ1v) is 7.53. The Morgan fingerprint density at radius 2 is 2.00 bits per heavy atom. The number of ether oxygens (including phenoxy) is 1. The van der Waals surface area contributed by atoms with Crippen LogP contribution in [0.1, 0.15) is 31.2 Å². The molecule has 1 aliphatic carbocycles. The summed E-state index contributed by atoms with van der Waals surface area (Å²) < 4.78 is 16.7. The van der Waals surface area contributed by atoms with E-state index in [1.807, 2.05) is 24.3 Å². The Morgan fingerprint density at radius 1 is 1.29 bits per heavy atom. The quantitative estimate of drug-likeness (QED) is 0.819. The lowest BCUT2D eigenvalue weighted by Gasteiger charge is -2.15. The van der Waals surface area contributed by atoms with E-state index in [2.05, 4.69) is 0 Å². The Kier molecular flexibility index (Phi) is 4.52. The van der Waals surface area contributed by atoms with Crippen LogP contribution in [-0.2, 0) is 11.0 Å². The first-order chi connectivity index (χ1) is 8.25. The van der Waals surface area contributed by atoms with Crippen molar-refractivity contribution in [3.8, 4) is 5.75 Å². The second kappa shape index (κ2) is 6.13. The van der Waals surface area contributed by atoms with Crippen molar-refractivity contribution in [3.05, 3.63) is 29.8 Å². The van der Waals surface area contributed by atoms with Gasteiger partial charge in [-0.2, -0.15) is 4.89 Å². The van der Waals surface area contributed by atoms with Gasteiger partial charge in [0, 0.05) is 6.42 Å². The second-order valence-electron chi connectivity index (χ2n) is 4.46. The molecule has 1 aromatic carbocycles. The third kappa shape index (κ3) is 3.79. The van der Waals surface area contributed by atoms with Crippen molar-refractivity contribution < 1.29 is 14.2 Å². The van der Waals surface area contributed by atoms with E-state index >= 15 is 0 Å². The zero-order valence-corrected chi connectivity index (χ0v) is 10.7. The minimum atomic E-state index is -2.06. The molecule has 4 heteroatoms. The van der Waals surface area contributed by atoms with Crippen molar-refractivity contribution in [2.45, 2.75) is 38.2 Å². The number of rotatable bonds is 5. The van der Waals surface area contributed by atoms with Gasteiger partial charge in [0.15, 0.2) is 6.16 Å². The minimum absolute atomic E-state index is 0.306. The molecule has 17 heavy (non-hydrogen) atoms. The van der Waals surface area contributed by atoms with Gasteiger partial charge in [-0.05, 0) is 41.9 Å². The van der Waals surface area contributed by atoms with Crippen molar-refractivity contribution in [2.24, 2.45) is 0 Å². The Hall–Kier alpha value is -0.920. The molecule has 1 unspecified atom stereocenters. The normalized spacial score (nSPS) is 17.1. The molecule has 0 amide bonds. The van der Waals surface area contributed by atoms with Gasteiger partial charge in [-0.25, -0.2) is 0 Å². The van der Waals surface area contributed by atoms with E-state index in [0.717, 1.165) is 24.2 Å². The molecule has 1 fully saturated rings. The molecule has 0 bridgehead atoms. The van der Waals surface area contributed by atoms with Gasteiger partial charge in [-0.1, -0.05) is 18.2 Å². The maximum atomic E-state index is 10.7. The highest BCUT2D eigenvalue weighted by atomic mass is 31.1. The fourth-order valence-corrected chi connectivity index (χ4v) is 2.66. The summed E-state index contributed by atoms with van der Waals surface area (Å²) in [6, 6.07) is 7.83. The molecule has 1 saturated carbocycles. The summed E-state index contributed by atoms with van der Waals surface area (Å²) in [6.45, 7) is 0. The van der Waals surface area contributed by atoms with Crippen LogP contribution in [-0.4, -0.2) is 17.2 Å². The molecule has 0 aromatic heterocycles. The smallest absolute Gasteiger partial charge is 0.490 e. The van der Waals surface area contributed by atoms with E-state index in [9.17, 15) is 4.57 Å². The lowest BCUT2D eigenvalue weighted by molar-refractivity contribution is 0.208. The summed E-state index contributed by atoms with van der Waals surface area (Å²) in [4.78, 5) is 8.86. The average molecular weight is 253 g/mol. The molecule has 2 rings (SSSR count). The highest BCUT2D eigenvalue weighted by Crippen LogP contribution is 2.28. The summed E-state index contributed by atoms with van der Waals surface area (Å²) in [7, 11) is -2.06. The van der Waals surface area contributed by atoms with Crippen molar-refractivity contribution in [1.82, 2.24) is 0 Å². The van der Waals surface area contributed by atoms with Crippen LogP contribution >= 0.6 is 8.03 Å². The van der Waals surface area contributed by atoms with Crippen LogP contribution in [0.3, 0.4) is 0 Å². The average Bonchev–Trinajstić information content (AvgIpc) is 2.80. The largest absolute Gasteiger partial charge is 0.505 e. The Labute approximate surface area is 103 Å². The van der Waals surface area contributed by atoms with E-state index in [0.29, 0.717) is 18.7 Å². The van der Waals surface area contributed by atoms with E-state index < -0.39 is 8.03 Å². The van der Waals surface area contributed by atoms with E-state index in [-0.39, 0.29) is 0 Å². The van der Waals surface area contributed by atoms with Crippen molar-refractivity contribution in [1.29, 1.82) is 0 Å². The number of benzene rings is 1. The third-order valence-corrected chi connectivity index (χ3v) is 3.75. The van der Waals surface area contributed by atoms with Gasteiger partial charge in [0.05, 0.1) is 6.10 Å². The molecule has 1 aliphatic rings. The Morgan fingerprint density at radius 3 is 2.71 bits per heavy atom. The first-order valence-electron chi connectivity index (χ1n) is 6.14. The fraction of sp³-hybridized carbons (Fsp3) is 0.538. The van der Waals surface area contributed by atoms with Crippen LogP contribution < -0.4 is 4.74 Å². The van der Waals surface area contributed by atoms with Crippen LogP contribution in [0, 0.1) is 0 Å². The number of hydrogen-bond acceptors (Lipinski definition) is 2. The minimum Gasteiger partial charge on any atom is -0.490 e. The van der Waals surface area contributed by atoms with E-state index in [1.165, 1.54) is 12.8 Å². The predicted octanol–water partition coefficient (Wildman–Crippen LogP) is 3.29. The summed E-state index contributed by atoms with van der Waals surface area (Å²) >= 11 is 0. The maximum Gasteiger partial charge on any atom is 0.505 e. The van der Waals surface area contributed by atoms with E-state index in [1.54, 1.807) is 0 Å². The maximum absolute atomic E-state index is 10.7. The van der Waals surface area contributed by atoms with Gasteiger partial charge in [0.2, 0.25) is 0 Å². The van der Waals surface area contributed by atoms with E-state index in [4.69, 9.17) is 9.63 Å². The molecule has 0 aliphatic heterocycles. The highest BCUT2D eigenvalue weighted by Gasteiger charge is 2.19.